The van der Waals surface area contributed by atoms with Gasteiger partial charge >= 0.3 is 0 Å². The van der Waals surface area contributed by atoms with Gasteiger partial charge in [-0.2, -0.15) is 0 Å². The van der Waals surface area contributed by atoms with Crippen molar-refractivity contribution >= 4 is 16.5 Å². The first-order valence-corrected chi connectivity index (χ1v) is 8.33. The molecule has 0 aliphatic carbocycles. The predicted molar refractivity (Wildman–Crippen MR) is 97.7 cm³/mol. The molecule has 1 saturated heterocycles. The van der Waals surface area contributed by atoms with Gasteiger partial charge in [0.1, 0.15) is 6.17 Å². The van der Waals surface area contributed by atoms with Gasteiger partial charge in [0.2, 0.25) is 0 Å². The lowest BCUT2D eigenvalue weighted by Gasteiger charge is -2.44. The summed E-state index contributed by atoms with van der Waals surface area (Å²) in [5, 5.41) is 2.61. The lowest BCUT2D eigenvalue weighted by Crippen LogP contribution is -2.46. The standard InChI is InChI=1S/C21H22N2/c1-22-14-7-15-23(21(22)18-9-3-2-4-10-18)20-13-12-17-8-5-6-11-19(17)16-20/h2-6,8-13,16,21H,7,14-15H2,1H3. The molecule has 0 amide bonds. The molecular weight excluding hydrogens is 280 g/mol. The molecule has 0 bridgehead atoms. The number of rotatable bonds is 2. The summed E-state index contributed by atoms with van der Waals surface area (Å²) < 4.78 is 0. The monoisotopic (exact) mass is 302 g/mol. The van der Waals surface area contributed by atoms with Crippen LogP contribution in [0.15, 0.2) is 72.8 Å². The van der Waals surface area contributed by atoms with E-state index < -0.39 is 0 Å². The summed E-state index contributed by atoms with van der Waals surface area (Å²) >= 11 is 0. The summed E-state index contributed by atoms with van der Waals surface area (Å²) in [6.45, 7) is 2.24. The maximum absolute atomic E-state index is 2.53. The Bertz CT molecular complexity index is 797. The van der Waals surface area contributed by atoms with Crippen molar-refractivity contribution in [3.8, 4) is 0 Å². The maximum atomic E-state index is 2.53. The highest BCUT2D eigenvalue weighted by Crippen LogP contribution is 2.34. The van der Waals surface area contributed by atoms with Gasteiger partial charge in [0, 0.05) is 18.8 Å². The lowest BCUT2D eigenvalue weighted by atomic mass is 10.0. The van der Waals surface area contributed by atoms with Gasteiger partial charge < -0.3 is 4.90 Å². The maximum Gasteiger partial charge on any atom is 0.108 e. The Morgan fingerprint density at radius 1 is 0.783 bits per heavy atom. The Kier molecular flexibility index (Phi) is 3.76. The fourth-order valence-corrected chi connectivity index (χ4v) is 3.66. The Morgan fingerprint density at radius 3 is 2.35 bits per heavy atom. The molecule has 3 aromatic carbocycles. The number of anilines is 1. The third kappa shape index (κ3) is 2.71. The van der Waals surface area contributed by atoms with Crippen molar-refractivity contribution in [3.05, 3.63) is 78.4 Å². The van der Waals surface area contributed by atoms with Crippen LogP contribution in [-0.2, 0) is 0 Å². The SMILES string of the molecule is CN1CCCN(c2ccc3ccccc3c2)C1c1ccccc1. The van der Waals surface area contributed by atoms with Crippen LogP contribution in [0.4, 0.5) is 5.69 Å². The largest absolute Gasteiger partial charge is 0.352 e. The quantitative estimate of drug-likeness (QED) is 0.678. The Morgan fingerprint density at radius 2 is 1.52 bits per heavy atom. The molecule has 0 radical (unpaired) electrons. The summed E-state index contributed by atoms with van der Waals surface area (Å²) in [5.41, 5.74) is 2.67. The number of hydrogen-bond donors (Lipinski definition) is 0. The molecule has 1 aliphatic rings. The molecule has 0 spiro atoms. The van der Waals surface area contributed by atoms with Crippen LogP contribution in [0.5, 0.6) is 0 Å². The van der Waals surface area contributed by atoms with E-state index in [0.29, 0.717) is 6.17 Å². The van der Waals surface area contributed by atoms with Gasteiger partial charge in [-0.1, -0.05) is 60.7 Å². The molecule has 2 nitrogen and oxygen atoms in total. The second-order valence-corrected chi connectivity index (χ2v) is 6.34. The minimum atomic E-state index is 0.311. The van der Waals surface area contributed by atoms with Crippen molar-refractivity contribution in [2.24, 2.45) is 0 Å². The van der Waals surface area contributed by atoms with Crippen molar-refractivity contribution in [2.45, 2.75) is 12.6 Å². The Balaban J connectivity index is 1.77. The molecule has 0 saturated carbocycles. The van der Waals surface area contributed by atoms with Crippen molar-refractivity contribution in [3.63, 3.8) is 0 Å². The fourth-order valence-electron chi connectivity index (χ4n) is 3.66. The molecule has 23 heavy (non-hydrogen) atoms. The highest BCUT2D eigenvalue weighted by molar-refractivity contribution is 5.86. The summed E-state index contributed by atoms with van der Waals surface area (Å²) in [5.74, 6) is 0. The molecule has 2 heteroatoms. The van der Waals surface area contributed by atoms with Gasteiger partial charge in [0.15, 0.2) is 0 Å². The first kappa shape index (κ1) is 14.3. The fraction of sp³-hybridized carbons (Fsp3) is 0.238. The molecule has 1 fully saturated rings. The van der Waals surface area contributed by atoms with Crippen LogP contribution in [-0.4, -0.2) is 25.0 Å². The van der Waals surface area contributed by atoms with Crippen molar-refractivity contribution < 1.29 is 0 Å². The molecule has 1 unspecified atom stereocenters. The van der Waals surface area contributed by atoms with E-state index in [1.807, 2.05) is 0 Å². The van der Waals surface area contributed by atoms with Gasteiger partial charge in [0.05, 0.1) is 0 Å². The van der Waals surface area contributed by atoms with Crippen LogP contribution in [0.2, 0.25) is 0 Å². The summed E-state index contributed by atoms with van der Waals surface area (Å²) in [4.78, 5) is 4.99. The van der Waals surface area contributed by atoms with E-state index in [-0.39, 0.29) is 0 Å². The number of hydrogen-bond acceptors (Lipinski definition) is 2. The van der Waals surface area contributed by atoms with Crippen LogP contribution in [0.25, 0.3) is 10.8 Å². The molecular formula is C21H22N2. The van der Waals surface area contributed by atoms with Crippen LogP contribution >= 0.6 is 0 Å². The first-order valence-electron chi connectivity index (χ1n) is 8.33. The highest BCUT2D eigenvalue weighted by Gasteiger charge is 2.28. The van der Waals surface area contributed by atoms with Crippen molar-refractivity contribution in [2.75, 3.05) is 25.0 Å². The second-order valence-electron chi connectivity index (χ2n) is 6.34. The molecule has 0 aromatic heterocycles. The predicted octanol–water partition coefficient (Wildman–Crippen LogP) is 4.68. The first-order chi connectivity index (χ1) is 11.3. The van der Waals surface area contributed by atoms with Gasteiger partial charge in [-0.3, -0.25) is 4.90 Å². The van der Waals surface area contributed by atoms with E-state index in [4.69, 9.17) is 0 Å². The molecule has 3 aromatic rings. The van der Waals surface area contributed by atoms with Crippen LogP contribution in [0.1, 0.15) is 18.2 Å². The third-order valence-electron chi connectivity index (χ3n) is 4.78. The zero-order valence-electron chi connectivity index (χ0n) is 13.5. The molecule has 0 N–H and O–H groups in total. The van der Waals surface area contributed by atoms with Crippen LogP contribution < -0.4 is 4.90 Å². The van der Waals surface area contributed by atoms with Crippen LogP contribution in [0.3, 0.4) is 0 Å². The lowest BCUT2D eigenvalue weighted by molar-refractivity contribution is 0.201. The van der Waals surface area contributed by atoms with E-state index in [9.17, 15) is 0 Å². The normalized spacial score (nSPS) is 19.2. The van der Waals surface area contributed by atoms with Gasteiger partial charge in [-0.25, -0.2) is 0 Å². The molecule has 1 heterocycles. The second kappa shape index (κ2) is 6.05. The van der Waals surface area contributed by atoms with E-state index in [0.717, 1.165) is 13.1 Å². The van der Waals surface area contributed by atoms with Crippen LogP contribution in [0, 0.1) is 0 Å². The minimum Gasteiger partial charge on any atom is -0.352 e. The zero-order valence-corrected chi connectivity index (χ0v) is 13.5. The van der Waals surface area contributed by atoms with Gasteiger partial charge in [0.25, 0.3) is 0 Å². The van der Waals surface area contributed by atoms with E-state index >= 15 is 0 Å². The molecule has 1 aliphatic heterocycles. The highest BCUT2D eigenvalue weighted by atomic mass is 15.4. The number of benzene rings is 3. The average molecular weight is 302 g/mol. The summed E-state index contributed by atoms with van der Waals surface area (Å²) in [6.07, 6.45) is 1.51. The van der Waals surface area contributed by atoms with Gasteiger partial charge in [-0.15, -0.1) is 0 Å². The Hall–Kier alpha value is -2.32. The molecule has 1 atom stereocenters. The smallest absolute Gasteiger partial charge is 0.108 e. The summed E-state index contributed by atoms with van der Waals surface area (Å²) in [6, 6.07) is 26.2. The van der Waals surface area contributed by atoms with Crippen molar-refractivity contribution in [1.29, 1.82) is 0 Å². The Labute approximate surface area is 138 Å². The molecule has 116 valence electrons. The topological polar surface area (TPSA) is 6.48 Å². The average Bonchev–Trinajstić information content (AvgIpc) is 2.62. The third-order valence-corrected chi connectivity index (χ3v) is 4.78. The minimum absolute atomic E-state index is 0.311. The van der Waals surface area contributed by atoms with E-state index in [1.54, 1.807) is 0 Å². The molecule has 4 rings (SSSR count). The van der Waals surface area contributed by atoms with Crippen molar-refractivity contribution in [1.82, 2.24) is 4.90 Å². The number of nitrogens with zero attached hydrogens (tertiary/aromatic N) is 2. The van der Waals surface area contributed by atoms with E-state index in [1.165, 1.54) is 28.4 Å². The van der Waals surface area contributed by atoms with E-state index in [2.05, 4.69) is 89.6 Å². The summed E-state index contributed by atoms with van der Waals surface area (Å²) in [7, 11) is 2.23. The number of fused-ring (bicyclic) bond motifs is 1. The van der Waals surface area contributed by atoms with Gasteiger partial charge in [-0.05, 0) is 41.9 Å². The zero-order chi connectivity index (χ0) is 15.6.